The van der Waals surface area contributed by atoms with Crippen LogP contribution >= 0.6 is 0 Å². The van der Waals surface area contributed by atoms with Crippen molar-refractivity contribution in [2.75, 3.05) is 0 Å². The molecule has 1 N–H and O–H groups in total. The summed E-state index contributed by atoms with van der Waals surface area (Å²) in [5.74, 6) is 0. The lowest BCUT2D eigenvalue weighted by atomic mass is 9.69. The summed E-state index contributed by atoms with van der Waals surface area (Å²) in [5.41, 5.74) is 5.05. The molecule has 1 fully saturated rings. The van der Waals surface area contributed by atoms with Crippen LogP contribution in [-0.2, 0) is 0 Å². The maximum atomic E-state index is 10.8. The molecule has 0 amide bonds. The van der Waals surface area contributed by atoms with Crippen LogP contribution in [0.4, 0.5) is 0 Å². The summed E-state index contributed by atoms with van der Waals surface area (Å²) >= 11 is 0. The normalized spacial score (nSPS) is 20.7. The van der Waals surface area contributed by atoms with Crippen LogP contribution in [0.3, 0.4) is 0 Å². The molecule has 1 aliphatic carbocycles. The van der Waals surface area contributed by atoms with Crippen molar-refractivity contribution in [2.24, 2.45) is 5.41 Å². The first kappa shape index (κ1) is 13.6. The van der Waals surface area contributed by atoms with Gasteiger partial charge in [0.1, 0.15) is 0 Å². The smallest absolute Gasteiger partial charge is 0.0846 e. The molecular weight excluding hydrogens is 220 g/mol. The molecule has 1 unspecified atom stereocenters. The first-order valence-corrected chi connectivity index (χ1v) is 7.20. The Morgan fingerprint density at radius 2 is 1.50 bits per heavy atom. The van der Waals surface area contributed by atoms with Gasteiger partial charge in [0.2, 0.25) is 0 Å². The molecule has 0 saturated heterocycles. The average molecular weight is 246 g/mol. The van der Waals surface area contributed by atoms with Crippen LogP contribution in [-0.4, -0.2) is 5.11 Å². The zero-order valence-electron chi connectivity index (χ0n) is 12.2. The Labute approximate surface area is 111 Å². The fourth-order valence-electron chi connectivity index (χ4n) is 3.29. The molecule has 18 heavy (non-hydrogen) atoms. The minimum Gasteiger partial charge on any atom is -0.388 e. The third-order valence-corrected chi connectivity index (χ3v) is 4.83. The van der Waals surface area contributed by atoms with E-state index >= 15 is 0 Å². The molecule has 0 heterocycles. The van der Waals surface area contributed by atoms with E-state index in [2.05, 4.69) is 39.8 Å². The summed E-state index contributed by atoms with van der Waals surface area (Å²) < 4.78 is 0. The highest BCUT2D eigenvalue weighted by molar-refractivity contribution is 5.38. The predicted molar refractivity (Wildman–Crippen MR) is 76.8 cm³/mol. The maximum absolute atomic E-state index is 10.8. The Morgan fingerprint density at radius 3 is 2.11 bits per heavy atom. The lowest BCUT2D eigenvalue weighted by Crippen LogP contribution is -2.28. The molecule has 0 radical (unpaired) electrons. The molecule has 1 atom stereocenters. The van der Waals surface area contributed by atoms with Crippen molar-refractivity contribution in [1.29, 1.82) is 0 Å². The number of hydrogen-bond donors (Lipinski definition) is 1. The van der Waals surface area contributed by atoms with Gasteiger partial charge in [0.15, 0.2) is 0 Å². The van der Waals surface area contributed by atoms with E-state index in [1.54, 1.807) is 0 Å². The van der Waals surface area contributed by atoms with Gasteiger partial charge < -0.3 is 5.11 Å². The van der Waals surface area contributed by atoms with Gasteiger partial charge in [-0.25, -0.2) is 0 Å². The van der Waals surface area contributed by atoms with Gasteiger partial charge in [0, 0.05) is 0 Å². The molecule has 1 saturated carbocycles. The van der Waals surface area contributed by atoms with Crippen LogP contribution in [0.5, 0.6) is 0 Å². The van der Waals surface area contributed by atoms with E-state index in [0.29, 0.717) is 0 Å². The fourth-order valence-corrected chi connectivity index (χ4v) is 3.29. The molecule has 0 aliphatic heterocycles. The lowest BCUT2D eigenvalue weighted by Gasteiger charge is -2.39. The SMILES string of the molecule is Cc1cc(C)c(C(O)C2(C)CCCCC2)cc1C. The Kier molecular flexibility index (Phi) is 3.82. The number of benzene rings is 1. The Morgan fingerprint density at radius 1 is 0.944 bits per heavy atom. The van der Waals surface area contributed by atoms with Gasteiger partial charge in [0.05, 0.1) is 6.10 Å². The van der Waals surface area contributed by atoms with Crippen molar-refractivity contribution in [1.82, 2.24) is 0 Å². The van der Waals surface area contributed by atoms with E-state index < -0.39 is 0 Å². The molecule has 100 valence electrons. The van der Waals surface area contributed by atoms with Gasteiger partial charge in [-0.05, 0) is 61.3 Å². The topological polar surface area (TPSA) is 20.2 Å². The van der Waals surface area contributed by atoms with E-state index in [4.69, 9.17) is 0 Å². The van der Waals surface area contributed by atoms with Gasteiger partial charge in [-0.2, -0.15) is 0 Å². The molecule has 0 aromatic heterocycles. The zero-order valence-corrected chi connectivity index (χ0v) is 12.2. The van der Waals surface area contributed by atoms with Crippen molar-refractivity contribution in [3.63, 3.8) is 0 Å². The van der Waals surface area contributed by atoms with Crippen molar-refractivity contribution in [2.45, 2.75) is 65.9 Å². The van der Waals surface area contributed by atoms with Crippen LogP contribution in [0.2, 0.25) is 0 Å². The molecule has 0 bridgehead atoms. The fraction of sp³-hybridized carbons (Fsp3) is 0.647. The Balaban J connectivity index is 2.33. The van der Waals surface area contributed by atoms with Gasteiger partial charge in [-0.15, -0.1) is 0 Å². The first-order chi connectivity index (χ1) is 8.44. The van der Waals surface area contributed by atoms with Crippen LogP contribution in [0.1, 0.15) is 67.4 Å². The number of aryl methyl sites for hydroxylation is 3. The number of rotatable bonds is 2. The third kappa shape index (κ3) is 2.47. The molecule has 1 aromatic carbocycles. The van der Waals surface area contributed by atoms with Crippen molar-refractivity contribution in [3.8, 4) is 0 Å². The summed E-state index contributed by atoms with van der Waals surface area (Å²) in [6.45, 7) is 8.65. The summed E-state index contributed by atoms with van der Waals surface area (Å²) in [7, 11) is 0. The number of hydrogen-bond acceptors (Lipinski definition) is 1. The summed E-state index contributed by atoms with van der Waals surface area (Å²) in [5, 5.41) is 10.8. The minimum atomic E-state index is -0.308. The van der Waals surface area contributed by atoms with Crippen molar-refractivity contribution in [3.05, 3.63) is 34.4 Å². The molecular formula is C17H26O. The lowest BCUT2D eigenvalue weighted by molar-refractivity contribution is 0.00773. The van der Waals surface area contributed by atoms with Crippen LogP contribution in [0.25, 0.3) is 0 Å². The highest BCUT2D eigenvalue weighted by Gasteiger charge is 2.35. The van der Waals surface area contributed by atoms with Crippen LogP contribution in [0, 0.1) is 26.2 Å². The van der Waals surface area contributed by atoms with Crippen molar-refractivity contribution >= 4 is 0 Å². The predicted octanol–water partition coefficient (Wildman–Crippen LogP) is 4.62. The number of aliphatic hydroxyl groups is 1. The van der Waals surface area contributed by atoms with E-state index in [0.717, 1.165) is 18.4 Å². The largest absolute Gasteiger partial charge is 0.388 e. The van der Waals surface area contributed by atoms with E-state index in [9.17, 15) is 5.11 Å². The summed E-state index contributed by atoms with van der Waals surface area (Å²) in [6.07, 6.45) is 5.85. The summed E-state index contributed by atoms with van der Waals surface area (Å²) in [6, 6.07) is 4.40. The van der Waals surface area contributed by atoms with Crippen molar-refractivity contribution < 1.29 is 5.11 Å². The Bertz CT molecular complexity index is 427. The first-order valence-electron chi connectivity index (χ1n) is 7.20. The van der Waals surface area contributed by atoms with Crippen LogP contribution in [0.15, 0.2) is 12.1 Å². The quantitative estimate of drug-likeness (QED) is 0.807. The molecule has 0 spiro atoms. The second-order valence-corrected chi connectivity index (χ2v) is 6.41. The monoisotopic (exact) mass is 246 g/mol. The second-order valence-electron chi connectivity index (χ2n) is 6.41. The zero-order chi connectivity index (χ0) is 13.3. The minimum absolute atomic E-state index is 0.0741. The highest BCUT2D eigenvalue weighted by atomic mass is 16.3. The van der Waals surface area contributed by atoms with Gasteiger partial charge in [-0.1, -0.05) is 38.3 Å². The van der Waals surface area contributed by atoms with E-state index in [1.807, 2.05) is 0 Å². The van der Waals surface area contributed by atoms with Gasteiger partial charge >= 0.3 is 0 Å². The molecule has 1 aliphatic rings. The maximum Gasteiger partial charge on any atom is 0.0846 e. The molecule has 1 heteroatoms. The highest BCUT2D eigenvalue weighted by Crippen LogP contribution is 2.46. The standard InChI is InChI=1S/C17H26O/c1-12-10-14(3)15(11-13(12)2)16(18)17(4)8-6-5-7-9-17/h10-11,16,18H,5-9H2,1-4H3. The van der Waals surface area contributed by atoms with Gasteiger partial charge in [-0.3, -0.25) is 0 Å². The summed E-state index contributed by atoms with van der Waals surface area (Å²) in [4.78, 5) is 0. The van der Waals surface area contributed by atoms with Gasteiger partial charge in [0.25, 0.3) is 0 Å². The van der Waals surface area contributed by atoms with Crippen LogP contribution < -0.4 is 0 Å². The molecule has 1 nitrogen and oxygen atoms in total. The van der Waals surface area contributed by atoms with E-state index in [-0.39, 0.29) is 11.5 Å². The number of aliphatic hydroxyl groups excluding tert-OH is 1. The molecule has 2 rings (SSSR count). The second kappa shape index (κ2) is 5.05. The van der Waals surface area contributed by atoms with E-state index in [1.165, 1.54) is 36.0 Å². The Hall–Kier alpha value is -0.820. The molecule has 1 aromatic rings. The third-order valence-electron chi connectivity index (χ3n) is 4.83. The average Bonchev–Trinajstić information content (AvgIpc) is 2.34.